The van der Waals surface area contributed by atoms with Crippen LogP contribution in [0.25, 0.3) is 0 Å². The minimum absolute atomic E-state index is 0.0462. The van der Waals surface area contributed by atoms with Gasteiger partial charge in [-0.15, -0.1) is 10.2 Å². The standard InChI is InChI=1S/C19H23N3O5/c1-24-15-7-3-4-8-16(15)26-13-19(23)22-11-5-6-14(12-22)27-18-10-9-17(25-2)20-21-18/h3-4,7-10,14H,5-6,11-13H2,1-2H3. The summed E-state index contributed by atoms with van der Waals surface area (Å²) in [5, 5.41) is 7.86. The number of hydrogen-bond acceptors (Lipinski definition) is 7. The van der Waals surface area contributed by atoms with Gasteiger partial charge >= 0.3 is 0 Å². The zero-order valence-electron chi connectivity index (χ0n) is 15.5. The number of nitrogens with zero attached hydrogens (tertiary/aromatic N) is 3. The summed E-state index contributed by atoms with van der Waals surface area (Å²) in [5.41, 5.74) is 0. The first-order valence-corrected chi connectivity index (χ1v) is 8.77. The van der Waals surface area contributed by atoms with Crippen molar-refractivity contribution in [1.29, 1.82) is 0 Å². The van der Waals surface area contributed by atoms with E-state index in [4.69, 9.17) is 18.9 Å². The molecule has 1 unspecified atom stereocenters. The van der Waals surface area contributed by atoms with E-state index in [1.165, 1.54) is 7.11 Å². The second kappa shape index (κ2) is 9.07. The Morgan fingerprint density at radius 2 is 1.81 bits per heavy atom. The minimum atomic E-state index is -0.128. The van der Waals surface area contributed by atoms with Gasteiger partial charge < -0.3 is 23.8 Å². The fraction of sp³-hybridized carbons (Fsp3) is 0.421. The lowest BCUT2D eigenvalue weighted by atomic mass is 10.1. The molecule has 1 aromatic heterocycles. The Kier molecular flexibility index (Phi) is 6.30. The van der Waals surface area contributed by atoms with Crippen LogP contribution >= 0.6 is 0 Å². The quantitative estimate of drug-likeness (QED) is 0.733. The number of benzene rings is 1. The zero-order valence-corrected chi connectivity index (χ0v) is 15.5. The molecule has 2 heterocycles. The SMILES string of the molecule is COc1ccc(OC2CCCN(C(=O)COc3ccccc3OC)C2)nn1. The number of ether oxygens (including phenoxy) is 4. The first kappa shape index (κ1) is 18.8. The van der Waals surface area contributed by atoms with Gasteiger partial charge in [0.1, 0.15) is 6.10 Å². The highest BCUT2D eigenvalue weighted by molar-refractivity contribution is 5.78. The Labute approximate surface area is 158 Å². The van der Waals surface area contributed by atoms with Crippen LogP contribution in [0.1, 0.15) is 12.8 Å². The molecule has 8 nitrogen and oxygen atoms in total. The second-order valence-corrected chi connectivity index (χ2v) is 6.08. The summed E-state index contributed by atoms with van der Waals surface area (Å²) in [5.74, 6) is 1.90. The predicted molar refractivity (Wildman–Crippen MR) is 97.3 cm³/mol. The van der Waals surface area contributed by atoms with E-state index in [0.29, 0.717) is 36.3 Å². The molecule has 1 amide bonds. The van der Waals surface area contributed by atoms with Crippen LogP contribution in [0.5, 0.6) is 23.3 Å². The fourth-order valence-electron chi connectivity index (χ4n) is 2.88. The number of carbonyl (C=O) groups is 1. The molecule has 1 aliphatic rings. The number of methoxy groups -OCH3 is 2. The Morgan fingerprint density at radius 1 is 1.07 bits per heavy atom. The molecule has 1 fully saturated rings. The Hall–Kier alpha value is -3.03. The van der Waals surface area contributed by atoms with Crippen molar-refractivity contribution in [2.45, 2.75) is 18.9 Å². The predicted octanol–water partition coefficient (Wildman–Crippen LogP) is 1.94. The van der Waals surface area contributed by atoms with Gasteiger partial charge in [-0.1, -0.05) is 12.1 Å². The molecule has 144 valence electrons. The normalized spacial score (nSPS) is 16.5. The van der Waals surface area contributed by atoms with Crippen LogP contribution in [0.15, 0.2) is 36.4 Å². The number of likely N-dealkylation sites (tertiary alicyclic amines) is 1. The summed E-state index contributed by atoms with van der Waals surface area (Å²) in [6, 6.07) is 10.6. The van der Waals surface area contributed by atoms with E-state index in [1.807, 2.05) is 12.1 Å². The van der Waals surface area contributed by atoms with Crippen LogP contribution < -0.4 is 18.9 Å². The molecule has 8 heteroatoms. The van der Waals surface area contributed by atoms with E-state index in [0.717, 1.165) is 12.8 Å². The van der Waals surface area contributed by atoms with E-state index in [-0.39, 0.29) is 18.6 Å². The molecule has 1 aromatic carbocycles. The molecule has 1 aliphatic heterocycles. The average molecular weight is 373 g/mol. The molecule has 27 heavy (non-hydrogen) atoms. The average Bonchev–Trinajstić information content (AvgIpc) is 2.73. The molecular formula is C19H23N3O5. The van der Waals surface area contributed by atoms with Crippen molar-refractivity contribution in [2.75, 3.05) is 33.9 Å². The summed E-state index contributed by atoms with van der Waals surface area (Å²) >= 11 is 0. The van der Waals surface area contributed by atoms with Gasteiger partial charge in [0.05, 0.1) is 20.8 Å². The van der Waals surface area contributed by atoms with Gasteiger partial charge in [0.25, 0.3) is 5.91 Å². The number of rotatable bonds is 7. The molecule has 3 rings (SSSR count). The van der Waals surface area contributed by atoms with Crippen LogP contribution in [-0.2, 0) is 4.79 Å². The third kappa shape index (κ3) is 4.99. The van der Waals surface area contributed by atoms with Crippen LogP contribution in [0, 0.1) is 0 Å². The lowest BCUT2D eigenvalue weighted by molar-refractivity contribution is -0.136. The largest absolute Gasteiger partial charge is 0.493 e. The third-order valence-corrected chi connectivity index (χ3v) is 4.26. The van der Waals surface area contributed by atoms with Gasteiger partial charge in [-0.2, -0.15) is 0 Å². The van der Waals surface area contributed by atoms with Gasteiger partial charge in [-0.05, 0) is 25.0 Å². The van der Waals surface area contributed by atoms with E-state index in [2.05, 4.69) is 10.2 Å². The molecule has 1 atom stereocenters. The molecule has 0 bridgehead atoms. The van der Waals surface area contributed by atoms with Crippen molar-refractivity contribution in [2.24, 2.45) is 0 Å². The highest BCUT2D eigenvalue weighted by Crippen LogP contribution is 2.26. The highest BCUT2D eigenvalue weighted by atomic mass is 16.5. The molecule has 0 N–H and O–H groups in total. The maximum Gasteiger partial charge on any atom is 0.260 e. The molecule has 1 saturated heterocycles. The Balaban J connectivity index is 1.52. The van der Waals surface area contributed by atoms with E-state index in [1.54, 1.807) is 36.3 Å². The smallest absolute Gasteiger partial charge is 0.260 e. The topological polar surface area (TPSA) is 83.0 Å². The van der Waals surface area contributed by atoms with Crippen LogP contribution in [0.3, 0.4) is 0 Å². The third-order valence-electron chi connectivity index (χ3n) is 4.26. The molecule has 0 spiro atoms. The number of para-hydroxylation sites is 2. The fourth-order valence-corrected chi connectivity index (χ4v) is 2.88. The number of piperidine rings is 1. The van der Waals surface area contributed by atoms with Crippen molar-refractivity contribution in [3.8, 4) is 23.3 Å². The summed E-state index contributed by atoms with van der Waals surface area (Å²) < 4.78 is 21.7. The van der Waals surface area contributed by atoms with E-state index in [9.17, 15) is 4.79 Å². The molecular weight excluding hydrogens is 350 g/mol. The first-order chi connectivity index (χ1) is 13.2. The number of carbonyl (C=O) groups excluding carboxylic acids is 1. The Bertz CT molecular complexity index is 753. The molecule has 0 aliphatic carbocycles. The molecule has 2 aromatic rings. The summed E-state index contributed by atoms with van der Waals surface area (Å²) in [6.07, 6.45) is 1.58. The van der Waals surface area contributed by atoms with E-state index >= 15 is 0 Å². The monoisotopic (exact) mass is 373 g/mol. The van der Waals surface area contributed by atoms with Crippen LogP contribution in [0.2, 0.25) is 0 Å². The van der Waals surface area contributed by atoms with Gasteiger partial charge in [-0.3, -0.25) is 4.79 Å². The summed E-state index contributed by atoms with van der Waals surface area (Å²) in [7, 11) is 3.10. The van der Waals surface area contributed by atoms with Crippen molar-refractivity contribution in [1.82, 2.24) is 15.1 Å². The maximum absolute atomic E-state index is 12.5. The first-order valence-electron chi connectivity index (χ1n) is 8.77. The number of aromatic nitrogens is 2. The van der Waals surface area contributed by atoms with Crippen LogP contribution in [-0.4, -0.2) is 61.0 Å². The highest BCUT2D eigenvalue weighted by Gasteiger charge is 2.25. The zero-order chi connectivity index (χ0) is 19.1. The maximum atomic E-state index is 12.5. The van der Waals surface area contributed by atoms with Crippen molar-refractivity contribution in [3.63, 3.8) is 0 Å². The van der Waals surface area contributed by atoms with Gasteiger partial charge in [0.2, 0.25) is 11.8 Å². The van der Waals surface area contributed by atoms with E-state index < -0.39 is 0 Å². The summed E-state index contributed by atoms with van der Waals surface area (Å²) in [4.78, 5) is 14.3. The number of hydrogen-bond donors (Lipinski definition) is 0. The minimum Gasteiger partial charge on any atom is -0.493 e. The van der Waals surface area contributed by atoms with Crippen molar-refractivity contribution < 1.29 is 23.7 Å². The second-order valence-electron chi connectivity index (χ2n) is 6.08. The Morgan fingerprint density at radius 3 is 2.52 bits per heavy atom. The molecule has 0 saturated carbocycles. The van der Waals surface area contributed by atoms with Crippen LogP contribution in [0.4, 0.5) is 0 Å². The van der Waals surface area contributed by atoms with Gasteiger partial charge in [0, 0.05) is 18.7 Å². The lowest BCUT2D eigenvalue weighted by Crippen LogP contribution is -2.46. The molecule has 0 radical (unpaired) electrons. The summed E-state index contributed by atoms with van der Waals surface area (Å²) in [6.45, 7) is 1.12. The lowest BCUT2D eigenvalue weighted by Gasteiger charge is -2.32. The number of amides is 1. The van der Waals surface area contributed by atoms with Gasteiger partial charge in [-0.25, -0.2) is 0 Å². The van der Waals surface area contributed by atoms with Crippen molar-refractivity contribution >= 4 is 5.91 Å². The van der Waals surface area contributed by atoms with Crippen molar-refractivity contribution in [3.05, 3.63) is 36.4 Å². The van der Waals surface area contributed by atoms with Gasteiger partial charge in [0.15, 0.2) is 18.1 Å².